The van der Waals surface area contributed by atoms with Crippen LogP contribution in [0.1, 0.15) is 68.0 Å². The van der Waals surface area contributed by atoms with Crippen molar-refractivity contribution in [3.8, 4) is 17.2 Å². The summed E-state index contributed by atoms with van der Waals surface area (Å²) >= 11 is 1.36. The zero-order chi connectivity index (χ0) is 31.6. The summed E-state index contributed by atoms with van der Waals surface area (Å²) in [6, 6.07) is 12.9. The number of rotatable bonds is 9. The number of carbonyl (C=O) groups is 3. The molecular formula is C32H41N3O7S. The highest BCUT2D eigenvalue weighted by atomic mass is 32.1. The quantitative estimate of drug-likeness (QED) is 0.267. The number of aromatic nitrogens is 1. The summed E-state index contributed by atoms with van der Waals surface area (Å²) in [5.41, 5.74) is 1.89. The van der Waals surface area contributed by atoms with Crippen LogP contribution in [0.15, 0.2) is 42.5 Å². The number of hydrogen-bond donors (Lipinski definition) is 1. The molecule has 0 bridgehead atoms. The molecule has 2 heterocycles. The second-order valence-electron chi connectivity index (χ2n) is 10.9. The first kappa shape index (κ1) is 33.5. The number of benzene rings is 2. The van der Waals surface area contributed by atoms with E-state index in [1.54, 1.807) is 30.2 Å². The van der Waals surface area contributed by atoms with E-state index in [-0.39, 0.29) is 18.1 Å². The van der Waals surface area contributed by atoms with Gasteiger partial charge >= 0.3 is 6.09 Å². The monoisotopic (exact) mass is 611 g/mol. The number of nitrogens with one attached hydrogen (secondary N) is 1. The molecule has 10 nitrogen and oxygen atoms in total. The third-order valence-corrected chi connectivity index (χ3v) is 7.05. The number of methoxy groups -OCH3 is 1. The molecule has 43 heavy (non-hydrogen) atoms. The fourth-order valence-corrected chi connectivity index (χ4v) is 5.18. The highest BCUT2D eigenvalue weighted by molar-refractivity contribution is 7.15. The summed E-state index contributed by atoms with van der Waals surface area (Å²) in [6.07, 6.45) is 1.70. The smallest absolute Gasteiger partial charge is 0.410 e. The molecule has 1 N–H and O–H groups in total. The van der Waals surface area contributed by atoms with Gasteiger partial charge in [-0.1, -0.05) is 30.4 Å². The first-order chi connectivity index (χ1) is 20.4. The molecule has 1 aromatic heterocycles. The van der Waals surface area contributed by atoms with Crippen LogP contribution < -0.4 is 14.8 Å². The number of ether oxygens (including phenoxy) is 4. The SMILES string of the molecule is CC=O.CCc1ccc(Oc2cc(OC(C)COC)cc(C(=O)Nc3nc4c(s3)CN(C(=O)OC(C)(C)C)CC4)c2)cc1. The van der Waals surface area contributed by atoms with Crippen LogP contribution >= 0.6 is 11.3 Å². The van der Waals surface area contributed by atoms with E-state index in [9.17, 15) is 9.59 Å². The minimum atomic E-state index is -0.564. The van der Waals surface area contributed by atoms with Crippen LogP contribution in [0.3, 0.4) is 0 Å². The van der Waals surface area contributed by atoms with Crippen molar-refractivity contribution in [3.63, 3.8) is 0 Å². The maximum Gasteiger partial charge on any atom is 0.410 e. The third kappa shape index (κ3) is 10.4. The number of anilines is 1. The van der Waals surface area contributed by atoms with Gasteiger partial charge in [0, 0.05) is 36.6 Å². The molecule has 1 aliphatic rings. The lowest BCUT2D eigenvalue weighted by molar-refractivity contribution is -0.106. The second kappa shape index (κ2) is 15.5. The van der Waals surface area contributed by atoms with Gasteiger partial charge in [-0.15, -0.1) is 0 Å². The molecule has 0 saturated carbocycles. The van der Waals surface area contributed by atoms with Gasteiger partial charge in [-0.3, -0.25) is 10.1 Å². The van der Waals surface area contributed by atoms with Crippen molar-refractivity contribution in [3.05, 3.63) is 64.2 Å². The lowest BCUT2D eigenvalue weighted by Gasteiger charge is -2.29. The number of carbonyl (C=O) groups excluding carboxylic acids is 3. The first-order valence-electron chi connectivity index (χ1n) is 14.2. The highest BCUT2D eigenvalue weighted by Gasteiger charge is 2.28. The molecule has 1 unspecified atom stereocenters. The van der Waals surface area contributed by atoms with Gasteiger partial charge in [-0.05, 0) is 70.9 Å². The molecule has 0 radical (unpaired) electrons. The summed E-state index contributed by atoms with van der Waals surface area (Å²) < 4.78 is 22.8. The lowest BCUT2D eigenvalue weighted by Crippen LogP contribution is -2.39. The Morgan fingerprint density at radius 1 is 1.12 bits per heavy atom. The van der Waals surface area contributed by atoms with Gasteiger partial charge in [-0.2, -0.15) is 0 Å². The number of amides is 2. The zero-order valence-electron chi connectivity index (χ0n) is 25.9. The van der Waals surface area contributed by atoms with Crippen LogP contribution in [-0.4, -0.2) is 60.1 Å². The summed E-state index contributed by atoms with van der Waals surface area (Å²) in [5, 5.41) is 3.38. The molecule has 3 aromatic rings. The van der Waals surface area contributed by atoms with Crippen molar-refractivity contribution in [2.45, 2.75) is 72.6 Å². The van der Waals surface area contributed by atoms with E-state index in [4.69, 9.17) is 23.7 Å². The van der Waals surface area contributed by atoms with Crippen LogP contribution in [0.25, 0.3) is 0 Å². The van der Waals surface area contributed by atoms with E-state index in [0.717, 1.165) is 23.3 Å². The predicted molar refractivity (Wildman–Crippen MR) is 166 cm³/mol. The molecule has 0 saturated heterocycles. The molecular weight excluding hydrogens is 570 g/mol. The van der Waals surface area contributed by atoms with Gasteiger partial charge in [0.2, 0.25) is 0 Å². The fourth-order valence-electron chi connectivity index (χ4n) is 4.16. The predicted octanol–water partition coefficient (Wildman–Crippen LogP) is 6.66. The topological polar surface area (TPSA) is 116 Å². The van der Waals surface area contributed by atoms with E-state index in [0.29, 0.717) is 54.1 Å². The van der Waals surface area contributed by atoms with Gasteiger partial charge in [0.25, 0.3) is 5.91 Å². The number of hydrogen-bond acceptors (Lipinski definition) is 9. The first-order valence-corrected chi connectivity index (χ1v) is 15.0. The van der Waals surface area contributed by atoms with Crippen LogP contribution in [0, 0.1) is 0 Å². The number of aryl methyl sites for hydroxylation is 1. The third-order valence-electron chi connectivity index (χ3n) is 6.05. The Morgan fingerprint density at radius 3 is 2.42 bits per heavy atom. The van der Waals surface area contributed by atoms with Crippen molar-refractivity contribution < 1.29 is 33.3 Å². The molecule has 0 fully saturated rings. The average molecular weight is 612 g/mol. The molecule has 232 valence electrons. The summed E-state index contributed by atoms with van der Waals surface area (Å²) in [4.78, 5) is 41.9. The summed E-state index contributed by atoms with van der Waals surface area (Å²) in [7, 11) is 1.61. The van der Waals surface area contributed by atoms with E-state index >= 15 is 0 Å². The maximum atomic E-state index is 13.3. The fraction of sp³-hybridized carbons (Fsp3) is 0.438. The molecule has 11 heteroatoms. The largest absolute Gasteiger partial charge is 0.488 e. The Balaban J connectivity index is 0.00000162. The van der Waals surface area contributed by atoms with Crippen LogP contribution in [0.4, 0.5) is 9.93 Å². The molecule has 1 atom stereocenters. The van der Waals surface area contributed by atoms with Gasteiger partial charge in [0.1, 0.15) is 35.2 Å². The van der Waals surface area contributed by atoms with Gasteiger partial charge < -0.3 is 28.6 Å². The highest BCUT2D eigenvalue weighted by Crippen LogP contribution is 2.32. The number of thiazole rings is 1. The van der Waals surface area contributed by atoms with Crippen LogP contribution in [0.2, 0.25) is 0 Å². The number of fused-ring (bicyclic) bond motifs is 1. The van der Waals surface area contributed by atoms with Crippen molar-refractivity contribution in [2.24, 2.45) is 0 Å². The Hall–Kier alpha value is -3.96. The second-order valence-corrected chi connectivity index (χ2v) is 12.0. The van der Waals surface area contributed by atoms with Crippen molar-refractivity contribution >= 4 is 34.8 Å². The lowest BCUT2D eigenvalue weighted by atomic mass is 10.1. The minimum Gasteiger partial charge on any atom is -0.488 e. The zero-order valence-corrected chi connectivity index (χ0v) is 26.7. The standard InChI is InChI=1S/C30H37N3O6S.C2H4O/c1-7-20-8-10-22(11-9-20)38-24-15-21(14-23(16-24)37-19(2)18-36-6)27(34)32-28-31-25-12-13-33(17-26(25)40-28)29(35)39-30(3,4)5;1-2-3/h8-11,14-16,19H,7,12-13,17-18H2,1-6H3,(H,31,32,34);2H,1H3. The number of aldehydes is 1. The molecule has 2 amide bonds. The van der Waals surface area contributed by atoms with Crippen molar-refractivity contribution in [2.75, 3.05) is 25.6 Å². The average Bonchev–Trinajstić information content (AvgIpc) is 3.34. The van der Waals surface area contributed by atoms with Crippen LogP contribution in [0.5, 0.6) is 17.2 Å². The molecule has 2 aromatic carbocycles. The summed E-state index contributed by atoms with van der Waals surface area (Å²) in [6.45, 7) is 12.3. The van der Waals surface area contributed by atoms with Crippen molar-refractivity contribution in [1.82, 2.24) is 9.88 Å². The Bertz CT molecular complexity index is 1380. The Labute approximate surface area is 257 Å². The van der Waals surface area contributed by atoms with E-state index in [1.807, 2.05) is 52.0 Å². The van der Waals surface area contributed by atoms with Crippen molar-refractivity contribution in [1.29, 1.82) is 0 Å². The van der Waals surface area contributed by atoms with E-state index in [2.05, 4.69) is 17.2 Å². The normalized spacial score (nSPS) is 13.1. The Morgan fingerprint density at radius 2 is 1.79 bits per heavy atom. The van der Waals surface area contributed by atoms with Gasteiger partial charge in [0.05, 0.1) is 18.8 Å². The summed E-state index contributed by atoms with van der Waals surface area (Å²) in [5.74, 6) is 1.28. The molecule has 1 aliphatic heterocycles. The van der Waals surface area contributed by atoms with E-state index < -0.39 is 5.60 Å². The van der Waals surface area contributed by atoms with Gasteiger partial charge in [0.15, 0.2) is 5.13 Å². The maximum absolute atomic E-state index is 13.3. The Kier molecular flexibility index (Phi) is 12.1. The van der Waals surface area contributed by atoms with Gasteiger partial charge in [-0.25, -0.2) is 9.78 Å². The minimum absolute atomic E-state index is 0.224. The van der Waals surface area contributed by atoms with E-state index in [1.165, 1.54) is 23.8 Å². The molecule has 4 rings (SSSR count). The molecule has 0 aliphatic carbocycles. The van der Waals surface area contributed by atoms with Crippen LogP contribution in [-0.2, 0) is 33.7 Å². The molecule has 0 spiro atoms. The number of nitrogens with zero attached hydrogens (tertiary/aromatic N) is 2.